The number of aliphatic hydroxyl groups is 1. The monoisotopic (exact) mass is 337 g/mol. The van der Waals surface area contributed by atoms with Crippen molar-refractivity contribution >= 4 is 11.6 Å². The Bertz CT molecular complexity index is 490. The maximum Gasteiger partial charge on any atom is 0.126 e. The molecule has 0 bridgehead atoms. The molecule has 1 aromatic rings. The number of benzene rings is 1. The Balaban J connectivity index is 1.52. The second-order valence-corrected chi connectivity index (χ2v) is 7.49. The van der Waals surface area contributed by atoms with Gasteiger partial charge in [-0.3, -0.25) is 0 Å². The Morgan fingerprint density at radius 3 is 2.70 bits per heavy atom. The number of hydrogen-bond acceptors (Lipinski definition) is 3. The Kier molecular flexibility index (Phi) is 6.21. The fraction of sp³-hybridized carbons (Fsp3) is 0.684. The van der Waals surface area contributed by atoms with E-state index in [4.69, 9.17) is 16.3 Å². The van der Waals surface area contributed by atoms with Crippen LogP contribution in [-0.4, -0.2) is 29.9 Å². The van der Waals surface area contributed by atoms with Gasteiger partial charge in [-0.1, -0.05) is 36.9 Å². The van der Waals surface area contributed by atoms with E-state index in [9.17, 15) is 5.11 Å². The van der Waals surface area contributed by atoms with Crippen LogP contribution in [0.4, 0.5) is 0 Å². The fourth-order valence-corrected chi connectivity index (χ4v) is 4.10. The summed E-state index contributed by atoms with van der Waals surface area (Å²) < 4.78 is 6.00. The highest BCUT2D eigenvalue weighted by molar-refractivity contribution is 6.30. The highest BCUT2D eigenvalue weighted by Crippen LogP contribution is 2.27. The summed E-state index contributed by atoms with van der Waals surface area (Å²) in [6.45, 7) is 1.03. The molecule has 2 aliphatic carbocycles. The zero-order valence-corrected chi connectivity index (χ0v) is 14.5. The first-order valence-corrected chi connectivity index (χ1v) is 9.44. The number of hydrogen-bond donors (Lipinski definition) is 2. The second kappa shape index (κ2) is 8.36. The number of nitrogens with one attached hydrogen (secondary N) is 1. The third-order valence-electron chi connectivity index (χ3n) is 5.27. The summed E-state index contributed by atoms with van der Waals surface area (Å²) >= 11 is 6.01. The van der Waals surface area contributed by atoms with E-state index >= 15 is 0 Å². The smallest absolute Gasteiger partial charge is 0.126 e. The standard InChI is InChI=1S/C19H28ClNO2/c20-15-8-4-9-16(12-15)23-18-11-5-10-17(19(18)22)21-13-14-6-2-1-3-7-14/h4,8-9,12,14,17-19,21-22H,1-3,5-7,10-11,13H2/t17-,18+,19+/m0/s1. The van der Waals surface area contributed by atoms with Crippen LogP contribution in [0.5, 0.6) is 5.75 Å². The van der Waals surface area contributed by atoms with Crippen LogP contribution in [0.2, 0.25) is 5.02 Å². The molecule has 0 aliphatic heterocycles. The molecule has 128 valence electrons. The Morgan fingerprint density at radius 1 is 1.09 bits per heavy atom. The van der Waals surface area contributed by atoms with Crippen molar-refractivity contribution in [1.82, 2.24) is 5.32 Å². The van der Waals surface area contributed by atoms with Gasteiger partial charge in [0.05, 0.1) is 0 Å². The van der Waals surface area contributed by atoms with E-state index in [0.717, 1.165) is 37.5 Å². The first kappa shape index (κ1) is 17.1. The lowest BCUT2D eigenvalue weighted by Gasteiger charge is -2.36. The van der Waals surface area contributed by atoms with Crippen LogP contribution in [0.25, 0.3) is 0 Å². The van der Waals surface area contributed by atoms with Crippen LogP contribution in [0, 0.1) is 5.92 Å². The average Bonchev–Trinajstić information content (AvgIpc) is 2.57. The van der Waals surface area contributed by atoms with Crippen molar-refractivity contribution < 1.29 is 9.84 Å². The van der Waals surface area contributed by atoms with E-state index in [1.165, 1.54) is 32.1 Å². The Morgan fingerprint density at radius 2 is 1.91 bits per heavy atom. The maximum absolute atomic E-state index is 10.7. The van der Waals surface area contributed by atoms with E-state index in [2.05, 4.69) is 5.32 Å². The van der Waals surface area contributed by atoms with Gasteiger partial charge < -0.3 is 15.2 Å². The number of rotatable bonds is 5. The van der Waals surface area contributed by atoms with Crippen LogP contribution in [0.1, 0.15) is 51.4 Å². The lowest BCUT2D eigenvalue weighted by molar-refractivity contribution is -0.0164. The largest absolute Gasteiger partial charge is 0.488 e. The van der Waals surface area contributed by atoms with E-state index in [1.54, 1.807) is 0 Å². The number of aliphatic hydroxyl groups excluding tert-OH is 1. The first-order chi connectivity index (χ1) is 11.2. The molecule has 0 aromatic heterocycles. The summed E-state index contributed by atoms with van der Waals surface area (Å²) in [5, 5.41) is 14.9. The van der Waals surface area contributed by atoms with Crippen molar-refractivity contribution in [3.05, 3.63) is 29.3 Å². The summed E-state index contributed by atoms with van der Waals surface area (Å²) in [7, 11) is 0. The van der Waals surface area contributed by atoms with Gasteiger partial charge in [0.15, 0.2) is 0 Å². The van der Waals surface area contributed by atoms with Crippen LogP contribution in [0.3, 0.4) is 0 Å². The molecule has 23 heavy (non-hydrogen) atoms. The molecule has 0 unspecified atom stereocenters. The van der Waals surface area contributed by atoms with Gasteiger partial charge in [-0.05, 0) is 62.8 Å². The van der Waals surface area contributed by atoms with Gasteiger partial charge in [-0.25, -0.2) is 0 Å². The highest BCUT2D eigenvalue weighted by atomic mass is 35.5. The SMILES string of the molecule is O[C@@H]1[C@@H](NCC2CCCCC2)CCC[C@H]1Oc1cccc(Cl)c1. The van der Waals surface area contributed by atoms with E-state index in [-0.39, 0.29) is 12.1 Å². The summed E-state index contributed by atoms with van der Waals surface area (Å²) in [6.07, 6.45) is 9.19. The molecule has 2 N–H and O–H groups in total. The van der Waals surface area contributed by atoms with Gasteiger partial charge in [0, 0.05) is 11.1 Å². The molecule has 1 aromatic carbocycles. The van der Waals surface area contributed by atoms with Crippen LogP contribution < -0.4 is 10.1 Å². The molecule has 0 heterocycles. The maximum atomic E-state index is 10.7. The van der Waals surface area contributed by atoms with Crippen molar-refractivity contribution in [1.29, 1.82) is 0 Å². The highest BCUT2D eigenvalue weighted by Gasteiger charge is 2.33. The van der Waals surface area contributed by atoms with Gasteiger partial charge >= 0.3 is 0 Å². The van der Waals surface area contributed by atoms with Gasteiger partial charge in [-0.2, -0.15) is 0 Å². The van der Waals surface area contributed by atoms with Crippen LogP contribution >= 0.6 is 11.6 Å². The lowest BCUT2D eigenvalue weighted by atomic mass is 9.87. The zero-order chi connectivity index (χ0) is 16.1. The molecule has 2 fully saturated rings. The minimum atomic E-state index is -0.452. The molecule has 0 saturated heterocycles. The van der Waals surface area contributed by atoms with Crippen molar-refractivity contribution in [3.63, 3.8) is 0 Å². The molecule has 3 nitrogen and oxygen atoms in total. The van der Waals surface area contributed by atoms with Crippen LogP contribution in [-0.2, 0) is 0 Å². The summed E-state index contributed by atoms with van der Waals surface area (Å²) in [6, 6.07) is 7.58. The number of ether oxygens (including phenoxy) is 1. The van der Waals surface area contributed by atoms with Gasteiger partial charge in [0.1, 0.15) is 18.0 Å². The van der Waals surface area contributed by atoms with Crippen LogP contribution in [0.15, 0.2) is 24.3 Å². The predicted octanol–water partition coefficient (Wildman–Crippen LogP) is 4.17. The zero-order valence-electron chi connectivity index (χ0n) is 13.7. The second-order valence-electron chi connectivity index (χ2n) is 7.05. The van der Waals surface area contributed by atoms with Crippen molar-refractivity contribution in [2.45, 2.75) is 69.6 Å². The topological polar surface area (TPSA) is 41.5 Å². The molecule has 2 saturated carbocycles. The first-order valence-electron chi connectivity index (χ1n) is 9.06. The van der Waals surface area contributed by atoms with E-state index in [1.807, 2.05) is 24.3 Å². The summed E-state index contributed by atoms with van der Waals surface area (Å²) in [5.41, 5.74) is 0. The van der Waals surface area contributed by atoms with E-state index < -0.39 is 6.10 Å². The molecule has 3 atom stereocenters. The van der Waals surface area contributed by atoms with Gasteiger partial charge in [-0.15, -0.1) is 0 Å². The quantitative estimate of drug-likeness (QED) is 0.847. The molecule has 2 aliphatic rings. The lowest BCUT2D eigenvalue weighted by Crippen LogP contribution is -2.52. The Hall–Kier alpha value is -0.770. The summed E-state index contributed by atoms with van der Waals surface area (Å²) in [4.78, 5) is 0. The molecule has 3 rings (SSSR count). The fourth-order valence-electron chi connectivity index (χ4n) is 3.92. The average molecular weight is 338 g/mol. The predicted molar refractivity (Wildman–Crippen MR) is 94.1 cm³/mol. The molecular weight excluding hydrogens is 310 g/mol. The van der Waals surface area contributed by atoms with E-state index in [0.29, 0.717) is 5.02 Å². The third-order valence-corrected chi connectivity index (χ3v) is 5.51. The van der Waals surface area contributed by atoms with Crippen molar-refractivity contribution in [2.24, 2.45) is 5.92 Å². The third kappa shape index (κ3) is 4.85. The van der Waals surface area contributed by atoms with Crippen molar-refractivity contribution in [2.75, 3.05) is 6.54 Å². The molecule has 0 radical (unpaired) electrons. The van der Waals surface area contributed by atoms with Gasteiger partial charge in [0.25, 0.3) is 0 Å². The minimum Gasteiger partial charge on any atom is -0.488 e. The Labute approximate surface area is 144 Å². The summed E-state index contributed by atoms with van der Waals surface area (Å²) in [5.74, 6) is 1.53. The van der Waals surface area contributed by atoms with Gasteiger partial charge in [0.2, 0.25) is 0 Å². The molecule has 0 spiro atoms. The molecular formula is C19H28ClNO2. The molecule has 4 heteroatoms. The minimum absolute atomic E-state index is 0.147. The molecule has 0 amide bonds. The van der Waals surface area contributed by atoms with Crippen molar-refractivity contribution in [3.8, 4) is 5.75 Å². The number of halogens is 1. The normalized spacial score (nSPS) is 29.4.